The first-order valence-corrected chi connectivity index (χ1v) is 14.7. The number of hydrogen-bond acceptors (Lipinski definition) is 11. The van der Waals surface area contributed by atoms with Crippen molar-refractivity contribution in [1.82, 2.24) is 4.98 Å². The van der Waals surface area contributed by atoms with Gasteiger partial charge in [-0.25, -0.2) is 0 Å². The highest BCUT2D eigenvalue weighted by Gasteiger charge is 2.45. The van der Waals surface area contributed by atoms with Gasteiger partial charge in [-0.1, -0.05) is 30.7 Å². The largest absolute Gasteiger partial charge is 0.488 e. The Morgan fingerprint density at radius 3 is 2.23 bits per heavy atom. The van der Waals surface area contributed by atoms with Crippen molar-refractivity contribution in [2.75, 3.05) is 27.9 Å². The number of aromatic amines is 1. The van der Waals surface area contributed by atoms with Crippen molar-refractivity contribution in [1.29, 1.82) is 0 Å². The Bertz CT molecular complexity index is 1220. The van der Waals surface area contributed by atoms with Gasteiger partial charge < -0.3 is 54.2 Å². The molecule has 250 valence electrons. The van der Waals surface area contributed by atoms with Gasteiger partial charge in [0.25, 0.3) is 0 Å². The third kappa shape index (κ3) is 9.01. The maximum Gasteiger partial charge on any atom is 0.238 e. The molecular weight excluding hydrogens is 574 g/mol. The summed E-state index contributed by atoms with van der Waals surface area (Å²) in [6, 6.07) is 0. The van der Waals surface area contributed by atoms with Gasteiger partial charge in [0, 0.05) is 30.7 Å². The number of allylic oxidation sites excluding steroid dienone is 2. The maximum absolute atomic E-state index is 12.6. The second-order valence-electron chi connectivity index (χ2n) is 11.4. The van der Waals surface area contributed by atoms with E-state index in [4.69, 9.17) is 23.7 Å². The number of aromatic nitrogens is 1. The average molecular weight is 626 g/mol. The number of rotatable bonds is 15. The van der Waals surface area contributed by atoms with E-state index in [0.717, 1.165) is 16.7 Å². The van der Waals surface area contributed by atoms with Gasteiger partial charge in [-0.05, 0) is 52.2 Å². The summed E-state index contributed by atoms with van der Waals surface area (Å²) in [4.78, 5) is 15.7. The molecule has 0 aromatic carbocycles. The molecule has 1 aliphatic rings. The van der Waals surface area contributed by atoms with Crippen LogP contribution in [0.5, 0.6) is 11.6 Å². The molecule has 9 atom stereocenters. The monoisotopic (exact) mass is 625 g/mol. The smallest absolute Gasteiger partial charge is 0.238 e. The third-order valence-corrected chi connectivity index (χ3v) is 8.15. The summed E-state index contributed by atoms with van der Waals surface area (Å²) in [5.41, 5.74) is 3.43. The molecule has 12 nitrogen and oxygen atoms in total. The number of pyridine rings is 1. The highest BCUT2D eigenvalue weighted by atomic mass is 16.7. The number of methoxy groups -OCH3 is 3. The molecule has 2 rings (SSSR count). The molecule has 0 amide bonds. The molecule has 0 bridgehead atoms. The minimum atomic E-state index is -1.55. The highest BCUT2D eigenvalue weighted by molar-refractivity contribution is 5.40. The molecule has 0 unspecified atom stereocenters. The molecule has 0 spiro atoms. The van der Waals surface area contributed by atoms with E-state index in [-0.39, 0.29) is 23.0 Å². The van der Waals surface area contributed by atoms with Gasteiger partial charge in [-0.2, -0.15) is 0 Å². The average Bonchev–Trinajstić information content (AvgIpc) is 2.99. The minimum Gasteiger partial charge on any atom is -0.488 e. The van der Waals surface area contributed by atoms with Crippen LogP contribution in [0, 0.1) is 12.8 Å². The van der Waals surface area contributed by atoms with Crippen LogP contribution in [0.25, 0.3) is 0 Å². The van der Waals surface area contributed by atoms with E-state index in [0.29, 0.717) is 24.1 Å². The number of nitrogens with one attached hydrogen (secondary N) is 1. The lowest BCUT2D eigenvalue weighted by Gasteiger charge is -2.41. The zero-order valence-corrected chi connectivity index (χ0v) is 27.2. The molecule has 1 fully saturated rings. The van der Waals surface area contributed by atoms with Gasteiger partial charge in [0.2, 0.25) is 17.1 Å². The lowest BCUT2D eigenvalue weighted by Crippen LogP contribution is -2.60. The summed E-state index contributed by atoms with van der Waals surface area (Å²) in [5, 5.41) is 51.5. The first-order chi connectivity index (χ1) is 20.7. The van der Waals surface area contributed by atoms with Gasteiger partial charge in [0.1, 0.15) is 30.5 Å². The Hall–Kier alpha value is -2.55. The zero-order valence-electron chi connectivity index (χ0n) is 27.2. The van der Waals surface area contributed by atoms with Crippen LogP contribution in [0.2, 0.25) is 0 Å². The topological polar surface area (TPSA) is 180 Å². The third-order valence-electron chi connectivity index (χ3n) is 8.15. The normalized spacial score (nSPS) is 26.2. The predicted molar refractivity (Wildman–Crippen MR) is 165 cm³/mol. The molecule has 6 N–H and O–H groups in total. The Labute approximate surface area is 259 Å². The fraction of sp³-hybridized carbons (Fsp3) is 0.656. The van der Waals surface area contributed by atoms with E-state index in [1.54, 1.807) is 6.92 Å². The molecule has 1 saturated heterocycles. The summed E-state index contributed by atoms with van der Waals surface area (Å²) < 4.78 is 27.8. The van der Waals surface area contributed by atoms with Crippen LogP contribution < -0.4 is 14.9 Å². The number of hydrogen-bond donors (Lipinski definition) is 6. The molecule has 0 saturated carbocycles. The molecule has 12 heteroatoms. The zero-order chi connectivity index (χ0) is 33.3. The van der Waals surface area contributed by atoms with E-state index in [1.807, 2.05) is 52.8 Å². The summed E-state index contributed by atoms with van der Waals surface area (Å²) in [5.74, 6) is 0.0835. The minimum absolute atomic E-state index is 0.120. The van der Waals surface area contributed by atoms with Crippen molar-refractivity contribution in [3.8, 4) is 11.6 Å². The van der Waals surface area contributed by atoms with Gasteiger partial charge in [0.15, 0.2) is 6.29 Å². The van der Waals surface area contributed by atoms with Crippen molar-refractivity contribution < 1.29 is 49.2 Å². The lowest BCUT2D eigenvalue weighted by atomic mass is 9.91. The van der Waals surface area contributed by atoms with Crippen LogP contribution in [-0.4, -0.2) is 107 Å². The van der Waals surface area contributed by atoms with Crippen LogP contribution in [0.3, 0.4) is 0 Å². The summed E-state index contributed by atoms with van der Waals surface area (Å²) in [6.07, 6.45) is -2.61. The van der Waals surface area contributed by atoms with Crippen LogP contribution in [0.15, 0.2) is 39.7 Å². The van der Waals surface area contributed by atoms with E-state index in [9.17, 15) is 30.3 Å². The van der Waals surface area contributed by atoms with Crippen molar-refractivity contribution in [2.24, 2.45) is 5.92 Å². The van der Waals surface area contributed by atoms with E-state index < -0.39 is 55.6 Å². The molecule has 0 radical (unpaired) electrons. The van der Waals surface area contributed by atoms with Crippen LogP contribution in [0.4, 0.5) is 0 Å². The van der Waals surface area contributed by atoms with Gasteiger partial charge in [-0.3, -0.25) is 4.79 Å². The van der Waals surface area contributed by atoms with Crippen LogP contribution >= 0.6 is 0 Å². The van der Waals surface area contributed by atoms with Crippen molar-refractivity contribution in [3.63, 3.8) is 0 Å². The molecule has 1 aromatic rings. The Morgan fingerprint density at radius 1 is 1.02 bits per heavy atom. The number of aliphatic hydroxyl groups excluding tert-OH is 5. The quantitative estimate of drug-likeness (QED) is 0.156. The second-order valence-corrected chi connectivity index (χ2v) is 11.4. The van der Waals surface area contributed by atoms with Gasteiger partial charge >= 0.3 is 0 Å². The second kappa shape index (κ2) is 17.2. The van der Waals surface area contributed by atoms with Crippen LogP contribution in [0.1, 0.15) is 52.3 Å². The Kier molecular flexibility index (Phi) is 14.7. The molecule has 0 aliphatic carbocycles. The summed E-state index contributed by atoms with van der Waals surface area (Å²) >= 11 is 0. The molecule has 2 heterocycles. The first-order valence-electron chi connectivity index (χ1n) is 14.7. The molecule has 44 heavy (non-hydrogen) atoms. The molecule has 1 aliphatic heterocycles. The van der Waals surface area contributed by atoms with E-state index in [1.165, 1.54) is 21.3 Å². The van der Waals surface area contributed by atoms with Crippen LogP contribution in [-0.2, 0) is 20.6 Å². The predicted octanol–water partition coefficient (Wildman–Crippen LogP) is 1.69. The highest BCUT2D eigenvalue weighted by Crippen LogP contribution is 2.29. The fourth-order valence-electron chi connectivity index (χ4n) is 5.41. The SMILES string of the molecule is C/C=C(\C)[C@H](O[C@@H]1O[C@H](CO)[C@@H](O)[C@H](O)[C@H]1O)[C@H](C)/C=C(\C)[C@@H](OC)[C@@H](O)C/C(C)=C/Cc1[nH]c(OC)c(OC)c(=O)c1C. The fourth-order valence-corrected chi connectivity index (χ4v) is 5.41. The van der Waals surface area contributed by atoms with E-state index in [2.05, 4.69) is 4.98 Å². The number of ether oxygens (including phenoxy) is 5. The number of aliphatic hydroxyl groups is 5. The standard InChI is InChI=1S/C32H51NO11/c1-10-17(3)28(44-32-27(39)26(38)25(37)23(15-34)43-32)18(4)14-19(5)29(40-7)22(35)13-16(2)11-12-21-20(6)24(36)30(41-8)31(33-21)42-9/h10-11,14,18,22-23,25-29,32,34-35,37-39H,12-13,15H2,1-9H3,(H,33,36)/b16-11+,17-10+,19-14+/t18-,22+,23-,25-,26+,27-,28+,29-,32+/m1/s1. The Balaban J connectivity index is 2.19. The Morgan fingerprint density at radius 2 is 1.68 bits per heavy atom. The first kappa shape index (κ1) is 37.6. The lowest BCUT2D eigenvalue weighted by molar-refractivity contribution is -0.310. The molecular formula is C32H51NO11. The molecule has 1 aromatic heterocycles. The van der Waals surface area contributed by atoms with Gasteiger partial charge in [-0.15, -0.1) is 0 Å². The maximum atomic E-state index is 12.6. The summed E-state index contributed by atoms with van der Waals surface area (Å²) in [7, 11) is 4.39. The van der Waals surface area contributed by atoms with Gasteiger partial charge in [0.05, 0.1) is 33.0 Å². The number of H-pyrrole nitrogens is 1. The van der Waals surface area contributed by atoms with E-state index >= 15 is 0 Å². The van der Waals surface area contributed by atoms with Crippen molar-refractivity contribution in [2.45, 2.75) is 103 Å². The van der Waals surface area contributed by atoms with Crippen molar-refractivity contribution >= 4 is 0 Å². The summed E-state index contributed by atoms with van der Waals surface area (Å²) in [6.45, 7) is 10.5. The van der Waals surface area contributed by atoms with Crippen molar-refractivity contribution in [3.05, 3.63) is 56.4 Å².